The van der Waals surface area contributed by atoms with Crippen LogP contribution >= 0.6 is 0 Å². The molecule has 0 aliphatic carbocycles. The molecule has 0 aromatic carbocycles. The molecule has 11 nitrogen and oxygen atoms in total. The standard InChI is InChI=1S/C12H22O11/c13-1-4(16)7(18)11(5(17)2-14)23-12-10(21)9(20)8(19)6(3-15)22-12/h1,4-12,14-21H,2-3H2/p+1/t4-,5+,6+,7+,8-,9-,10+,11+,12-/m0/s1. The molecule has 1 fully saturated rings. The van der Waals surface area contributed by atoms with Gasteiger partial charge in [0.1, 0.15) is 42.7 Å². The molecule has 1 saturated heterocycles. The van der Waals surface area contributed by atoms with Crippen LogP contribution in [0.2, 0.25) is 0 Å². The first-order chi connectivity index (χ1) is 10.8. The fourth-order valence-corrected chi connectivity index (χ4v) is 2.12. The topological polar surface area (TPSA) is 202 Å². The van der Waals surface area contributed by atoms with Gasteiger partial charge in [0.2, 0.25) is 0 Å². The molecule has 0 bridgehead atoms. The van der Waals surface area contributed by atoms with Gasteiger partial charge in [-0.2, -0.15) is 0 Å². The predicted octanol–water partition coefficient (Wildman–Crippen LogP) is -5.58. The highest BCUT2D eigenvalue weighted by Gasteiger charge is 2.47. The summed E-state index contributed by atoms with van der Waals surface area (Å²) < 4.78 is 10.1. The maximum absolute atomic E-state index is 9.82. The number of aldehydes is 1. The van der Waals surface area contributed by atoms with E-state index < -0.39 is 68.3 Å². The molecular weight excluding hydrogens is 320 g/mol. The van der Waals surface area contributed by atoms with Crippen molar-refractivity contribution in [1.82, 2.24) is 0 Å². The van der Waals surface area contributed by atoms with Crippen molar-refractivity contribution in [2.24, 2.45) is 0 Å². The number of ether oxygens (including phenoxy) is 2. The van der Waals surface area contributed by atoms with E-state index in [1.54, 1.807) is 0 Å². The van der Waals surface area contributed by atoms with E-state index in [-0.39, 0.29) is 6.29 Å². The van der Waals surface area contributed by atoms with Crippen LogP contribution in [0.3, 0.4) is 0 Å². The number of carbonyl (C=O) groups excluding carboxylic acids is 1. The van der Waals surface area contributed by atoms with Crippen molar-refractivity contribution in [3.8, 4) is 0 Å². The van der Waals surface area contributed by atoms with Gasteiger partial charge in [0.15, 0.2) is 12.4 Å². The molecule has 0 saturated carbocycles. The normalized spacial score (nSPS) is 37.0. The Bertz CT molecular complexity index is 365. The maximum Gasteiger partial charge on any atom is 0.312 e. The van der Waals surface area contributed by atoms with E-state index in [0.29, 0.717) is 0 Å². The van der Waals surface area contributed by atoms with E-state index >= 15 is 0 Å². The van der Waals surface area contributed by atoms with E-state index in [2.05, 4.69) is 0 Å². The highest BCUT2D eigenvalue weighted by atomic mass is 16.7. The Morgan fingerprint density at radius 3 is 2.13 bits per heavy atom. The van der Waals surface area contributed by atoms with E-state index in [4.69, 9.17) is 24.5 Å². The Morgan fingerprint density at radius 2 is 1.65 bits per heavy atom. The van der Waals surface area contributed by atoms with E-state index in [9.17, 15) is 30.6 Å². The van der Waals surface area contributed by atoms with Gasteiger partial charge in [-0.1, -0.05) is 0 Å². The smallest absolute Gasteiger partial charge is 0.312 e. The van der Waals surface area contributed by atoms with Crippen LogP contribution in [0, 0.1) is 0 Å². The summed E-state index contributed by atoms with van der Waals surface area (Å²) in [5.41, 5.74) is 0. The van der Waals surface area contributed by atoms with E-state index in [0.717, 1.165) is 0 Å². The van der Waals surface area contributed by atoms with Crippen molar-refractivity contribution in [2.45, 2.75) is 55.1 Å². The molecule has 0 amide bonds. The summed E-state index contributed by atoms with van der Waals surface area (Å²) in [4.78, 5) is 8.70. The lowest BCUT2D eigenvalue weighted by Crippen LogP contribution is -2.61. The quantitative estimate of drug-likeness (QED) is 0.155. The zero-order chi connectivity index (χ0) is 17.7. The highest BCUT2D eigenvalue weighted by Crippen LogP contribution is 2.24. The minimum absolute atomic E-state index is 0.221. The number of aliphatic hydroxyl groups excluding tert-OH is 8. The van der Waals surface area contributed by atoms with Crippen LogP contribution in [0.4, 0.5) is 0 Å². The summed E-state index contributed by atoms with van der Waals surface area (Å²) in [5, 5.41) is 75.9. The average Bonchev–Trinajstić information content (AvgIpc) is 2.57. The molecule has 0 aromatic heterocycles. The van der Waals surface area contributed by atoms with Crippen molar-refractivity contribution in [3.63, 3.8) is 0 Å². The lowest BCUT2D eigenvalue weighted by atomic mass is 9.98. The molecule has 1 rings (SSSR count). The summed E-state index contributed by atoms with van der Waals surface area (Å²) in [7, 11) is 0. The van der Waals surface area contributed by atoms with Crippen LogP contribution in [0.5, 0.6) is 0 Å². The van der Waals surface area contributed by atoms with Crippen molar-refractivity contribution < 1.29 is 55.1 Å². The van der Waals surface area contributed by atoms with Gasteiger partial charge in [-0.25, -0.2) is 0 Å². The van der Waals surface area contributed by atoms with Gasteiger partial charge in [0.05, 0.1) is 13.2 Å². The predicted molar refractivity (Wildman–Crippen MR) is 71.7 cm³/mol. The summed E-state index contributed by atoms with van der Waals surface area (Å²) >= 11 is 0. The second-order valence-corrected chi connectivity index (χ2v) is 5.18. The summed E-state index contributed by atoms with van der Waals surface area (Å²) in [6.07, 6.45) is -15.1. The maximum atomic E-state index is 9.82. The monoisotopic (exact) mass is 343 g/mol. The minimum atomic E-state index is -1.91. The molecule has 0 unspecified atom stereocenters. The number of hydrogen-bond acceptors (Lipinski definition) is 10. The average molecular weight is 343 g/mol. The number of aliphatic hydroxyl groups is 8. The molecule has 1 aliphatic rings. The van der Waals surface area contributed by atoms with Crippen molar-refractivity contribution in [3.05, 3.63) is 0 Å². The first kappa shape index (κ1) is 20.3. The van der Waals surface area contributed by atoms with Crippen LogP contribution in [0.1, 0.15) is 0 Å². The third-order valence-electron chi connectivity index (χ3n) is 3.55. The van der Waals surface area contributed by atoms with Crippen molar-refractivity contribution >= 4 is 6.29 Å². The third kappa shape index (κ3) is 4.64. The molecule has 9 atom stereocenters. The second-order valence-electron chi connectivity index (χ2n) is 5.18. The van der Waals surface area contributed by atoms with Gasteiger partial charge >= 0.3 is 6.29 Å². The van der Waals surface area contributed by atoms with Crippen LogP contribution < -0.4 is 0 Å². The first-order valence-corrected chi connectivity index (χ1v) is 6.87. The SMILES string of the molecule is OC[C@@H](O)[C@@H](O[C@@H]1O[C@H](CO)[C@H](O)[C@H](O)[C@H]1O)[C@H](O)[C@@H](O)C=[OH+]. The van der Waals surface area contributed by atoms with Gasteiger partial charge in [-0.05, 0) is 0 Å². The van der Waals surface area contributed by atoms with Gasteiger partial charge in [-0.3, -0.25) is 4.79 Å². The van der Waals surface area contributed by atoms with Crippen LogP contribution in [-0.2, 0) is 9.47 Å². The van der Waals surface area contributed by atoms with Crippen LogP contribution in [-0.4, -0.2) is 120 Å². The Kier molecular flexibility index (Phi) is 7.89. The molecular formula is C12H23O11+. The minimum Gasteiger partial charge on any atom is -0.394 e. The first-order valence-electron chi connectivity index (χ1n) is 6.87. The third-order valence-corrected chi connectivity index (χ3v) is 3.55. The van der Waals surface area contributed by atoms with Crippen molar-refractivity contribution in [1.29, 1.82) is 0 Å². The van der Waals surface area contributed by atoms with Crippen LogP contribution in [0.15, 0.2) is 0 Å². The van der Waals surface area contributed by atoms with Gasteiger partial charge < -0.3 is 50.3 Å². The molecule has 1 aliphatic heterocycles. The fourth-order valence-electron chi connectivity index (χ4n) is 2.12. The molecule has 1 heterocycles. The van der Waals surface area contributed by atoms with Crippen molar-refractivity contribution in [2.75, 3.05) is 13.2 Å². The largest absolute Gasteiger partial charge is 0.394 e. The van der Waals surface area contributed by atoms with Gasteiger partial charge in [-0.15, -0.1) is 0 Å². The zero-order valence-corrected chi connectivity index (χ0v) is 12.0. The zero-order valence-electron chi connectivity index (χ0n) is 12.0. The molecule has 136 valence electrons. The Labute approximate surface area is 130 Å². The molecule has 9 N–H and O–H groups in total. The second kappa shape index (κ2) is 8.94. The molecule has 0 radical (unpaired) electrons. The Morgan fingerprint density at radius 1 is 1.04 bits per heavy atom. The summed E-state index contributed by atoms with van der Waals surface area (Å²) in [5.74, 6) is 0. The molecule has 0 aromatic rings. The Balaban J connectivity index is 2.91. The summed E-state index contributed by atoms with van der Waals surface area (Å²) in [6.45, 7) is -1.61. The van der Waals surface area contributed by atoms with E-state index in [1.807, 2.05) is 0 Å². The fraction of sp³-hybridized carbons (Fsp3) is 0.917. The van der Waals surface area contributed by atoms with Gasteiger partial charge in [0, 0.05) is 0 Å². The molecule has 0 spiro atoms. The molecule has 23 heavy (non-hydrogen) atoms. The number of hydrogen-bond donors (Lipinski definition) is 8. The van der Waals surface area contributed by atoms with Gasteiger partial charge in [0.25, 0.3) is 0 Å². The van der Waals surface area contributed by atoms with Crippen LogP contribution in [0.25, 0.3) is 0 Å². The van der Waals surface area contributed by atoms with E-state index in [1.165, 1.54) is 0 Å². The summed E-state index contributed by atoms with van der Waals surface area (Å²) in [6, 6.07) is 0. The lowest BCUT2D eigenvalue weighted by Gasteiger charge is -2.42. The Hall–Kier alpha value is -0.730. The lowest BCUT2D eigenvalue weighted by molar-refractivity contribution is -0.326. The number of rotatable bonds is 8. The highest BCUT2D eigenvalue weighted by molar-refractivity contribution is 5.57. The molecule has 11 heteroatoms.